The highest BCUT2D eigenvalue weighted by Gasteiger charge is 2.19. The maximum Gasteiger partial charge on any atom is 0.282 e. The van der Waals surface area contributed by atoms with Crippen LogP contribution in [-0.2, 0) is 0 Å². The van der Waals surface area contributed by atoms with E-state index in [1.165, 1.54) is 40.6 Å². The number of aromatic nitrogens is 2. The highest BCUT2D eigenvalue weighted by molar-refractivity contribution is 7.98. The van der Waals surface area contributed by atoms with Crippen molar-refractivity contribution in [2.75, 3.05) is 12.5 Å². The maximum absolute atomic E-state index is 13.3. The van der Waals surface area contributed by atoms with Gasteiger partial charge in [0.15, 0.2) is 0 Å². The van der Waals surface area contributed by atoms with E-state index in [-0.39, 0.29) is 5.69 Å². The Balaban J connectivity index is 2.33. The van der Waals surface area contributed by atoms with Gasteiger partial charge in [0.25, 0.3) is 11.2 Å². The second-order valence-electron chi connectivity index (χ2n) is 5.25. The highest BCUT2D eigenvalue weighted by Crippen LogP contribution is 2.29. The van der Waals surface area contributed by atoms with Gasteiger partial charge in [-0.1, -0.05) is 12.1 Å². The molecule has 0 aliphatic heterocycles. The molecule has 0 saturated heterocycles. The zero-order valence-electron chi connectivity index (χ0n) is 14.1. The summed E-state index contributed by atoms with van der Waals surface area (Å²) < 4.78 is 14.7. The zero-order valence-corrected chi connectivity index (χ0v) is 15.7. The number of hydrogen-bond acceptors (Lipinski definition) is 4. The second-order valence-corrected chi connectivity index (χ2v) is 6.93. The summed E-state index contributed by atoms with van der Waals surface area (Å²) in [5.74, 6) is 0.0257. The van der Waals surface area contributed by atoms with Crippen LogP contribution in [-0.4, -0.2) is 22.1 Å². The van der Waals surface area contributed by atoms with Gasteiger partial charge in [-0.15, -0.1) is 23.5 Å². The summed E-state index contributed by atoms with van der Waals surface area (Å²) in [5, 5.41) is 0.382. The Bertz CT molecular complexity index is 1040. The number of halogens is 1. The SMILES string of the molecule is [C-]#[N+]c1c(SC)nc(-c2ccc(SC)cc2)n(-c2ccc(F)cc2)c1=O. The molecule has 0 aliphatic rings. The van der Waals surface area contributed by atoms with Crippen molar-refractivity contribution in [3.63, 3.8) is 0 Å². The first-order valence-corrected chi connectivity index (χ1v) is 10.0. The van der Waals surface area contributed by atoms with Crippen LogP contribution in [0.5, 0.6) is 0 Å². The zero-order chi connectivity index (χ0) is 18.7. The van der Waals surface area contributed by atoms with Gasteiger partial charge in [0, 0.05) is 16.1 Å². The van der Waals surface area contributed by atoms with Crippen molar-refractivity contribution < 1.29 is 4.39 Å². The Kier molecular flexibility index (Phi) is 5.45. The topological polar surface area (TPSA) is 39.2 Å². The van der Waals surface area contributed by atoms with E-state index in [2.05, 4.69) is 9.83 Å². The molecule has 0 radical (unpaired) electrons. The van der Waals surface area contributed by atoms with Crippen LogP contribution in [0.25, 0.3) is 21.9 Å². The third-order valence-electron chi connectivity index (χ3n) is 3.77. The molecule has 0 unspecified atom stereocenters. The van der Waals surface area contributed by atoms with Gasteiger partial charge in [0.05, 0.1) is 6.57 Å². The van der Waals surface area contributed by atoms with Crippen LogP contribution in [0.1, 0.15) is 0 Å². The predicted octanol–water partition coefficient (Wildman–Crippen LogP) is 5.03. The summed E-state index contributed by atoms with van der Waals surface area (Å²) in [6.07, 6.45) is 3.76. The molecule has 1 heterocycles. The summed E-state index contributed by atoms with van der Waals surface area (Å²) in [5.41, 5.74) is 0.711. The van der Waals surface area contributed by atoms with Crippen LogP contribution in [0.4, 0.5) is 10.1 Å². The van der Waals surface area contributed by atoms with Gasteiger partial charge in [-0.05, 0) is 48.9 Å². The van der Waals surface area contributed by atoms with E-state index >= 15 is 0 Å². The third kappa shape index (κ3) is 3.39. The summed E-state index contributed by atoms with van der Waals surface area (Å²) in [6, 6.07) is 13.2. The van der Waals surface area contributed by atoms with Gasteiger partial charge >= 0.3 is 0 Å². The van der Waals surface area contributed by atoms with Crippen LogP contribution in [0.3, 0.4) is 0 Å². The molecule has 0 fully saturated rings. The molecule has 7 heteroatoms. The lowest BCUT2D eigenvalue weighted by Gasteiger charge is -2.15. The van der Waals surface area contributed by atoms with E-state index < -0.39 is 11.4 Å². The lowest BCUT2D eigenvalue weighted by atomic mass is 10.2. The first-order chi connectivity index (χ1) is 12.6. The normalized spacial score (nSPS) is 10.5. The van der Waals surface area contributed by atoms with E-state index in [0.717, 1.165) is 10.5 Å². The van der Waals surface area contributed by atoms with Crippen LogP contribution >= 0.6 is 23.5 Å². The molecule has 0 bridgehead atoms. The average Bonchev–Trinajstić information content (AvgIpc) is 2.68. The summed E-state index contributed by atoms with van der Waals surface area (Å²) in [6.45, 7) is 7.35. The van der Waals surface area contributed by atoms with Gasteiger partial charge in [0.1, 0.15) is 16.7 Å². The first kappa shape index (κ1) is 18.2. The van der Waals surface area contributed by atoms with E-state index in [1.807, 2.05) is 30.5 Å². The van der Waals surface area contributed by atoms with Gasteiger partial charge < -0.3 is 0 Å². The molecule has 0 saturated carbocycles. The number of hydrogen-bond donors (Lipinski definition) is 0. The van der Waals surface area contributed by atoms with E-state index in [0.29, 0.717) is 16.5 Å². The van der Waals surface area contributed by atoms with Crippen molar-refractivity contribution in [3.8, 4) is 17.1 Å². The van der Waals surface area contributed by atoms with Crippen LogP contribution in [0.2, 0.25) is 0 Å². The van der Waals surface area contributed by atoms with Crippen LogP contribution < -0.4 is 5.56 Å². The van der Waals surface area contributed by atoms with Crippen LogP contribution in [0.15, 0.2) is 63.2 Å². The summed E-state index contributed by atoms with van der Waals surface area (Å²) >= 11 is 2.87. The smallest absolute Gasteiger partial charge is 0.282 e. The Morgan fingerprint density at radius 2 is 1.69 bits per heavy atom. The molecule has 0 amide bonds. The van der Waals surface area contributed by atoms with E-state index in [1.54, 1.807) is 18.0 Å². The van der Waals surface area contributed by atoms with E-state index in [4.69, 9.17) is 6.57 Å². The maximum atomic E-state index is 13.3. The van der Waals surface area contributed by atoms with Gasteiger partial charge in [0.2, 0.25) is 0 Å². The Morgan fingerprint density at radius 1 is 1.04 bits per heavy atom. The van der Waals surface area contributed by atoms with Crippen molar-refractivity contribution >= 4 is 29.2 Å². The molecule has 3 aromatic rings. The van der Waals surface area contributed by atoms with Crippen LogP contribution in [0, 0.1) is 12.4 Å². The molecule has 0 aliphatic carbocycles. The third-order valence-corrected chi connectivity index (χ3v) is 5.18. The molecular weight excluding hydrogens is 369 g/mol. The fourth-order valence-electron chi connectivity index (χ4n) is 2.49. The van der Waals surface area contributed by atoms with E-state index in [9.17, 15) is 9.18 Å². The molecule has 3 rings (SSSR count). The monoisotopic (exact) mass is 383 g/mol. The molecule has 4 nitrogen and oxygen atoms in total. The van der Waals surface area contributed by atoms with Gasteiger partial charge in [-0.3, -0.25) is 9.36 Å². The number of thioether (sulfide) groups is 2. The molecule has 1 aromatic heterocycles. The van der Waals surface area contributed by atoms with Gasteiger partial charge in [-0.25, -0.2) is 14.2 Å². The fourth-order valence-corrected chi connectivity index (χ4v) is 3.41. The van der Waals surface area contributed by atoms with Crippen molar-refractivity contribution in [2.45, 2.75) is 9.92 Å². The molecule has 0 spiro atoms. The van der Waals surface area contributed by atoms with Crippen molar-refractivity contribution in [3.05, 3.63) is 76.1 Å². The summed E-state index contributed by atoms with van der Waals surface area (Å²) in [4.78, 5) is 22.0. The number of nitrogens with zero attached hydrogens (tertiary/aromatic N) is 3. The van der Waals surface area contributed by atoms with Crippen molar-refractivity contribution in [2.24, 2.45) is 0 Å². The Morgan fingerprint density at radius 3 is 2.23 bits per heavy atom. The Labute approximate surface area is 158 Å². The average molecular weight is 383 g/mol. The minimum Gasteiger partial charge on any atom is -0.282 e. The molecule has 26 heavy (non-hydrogen) atoms. The quantitative estimate of drug-likeness (QED) is 0.360. The molecule has 130 valence electrons. The molecule has 0 atom stereocenters. The fraction of sp³-hybridized carbons (Fsp3) is 0.105. The number of rotatable bonds is 4. The summed E-state index contributed by atoms with van der Waals surface area (Å²) in [7, 11) is 0. The molecular formula is C19H14FN3OS2. The van der Waals surface area contributed by atoms with Gasteiger partial charge in [-0.2, -0.15) is 0 Å². The first-order valence-electron chi connectivity index (χ1n) is 7.58. The molecule has 0 N–H and O–H groups in total. The van der Waals surface area contributed by atoms with Crippen molar-refractivity contribution in [1.29, 1.82) is 0 Å². The molecule has 2 aromatic carbocycles. The minimum absolute atomic E-state index is 0.0358. The Hall–Kier alpha value is -2.56. The standard InChI is InChI=1S/C19H14FN3OS2/c1-21-16-18(26-3)22-17(12-4-10-15(25-2)11-5-12)23(19(16)24)14-8-6-13(20)7-9-14/h4-11H,2-3H3. The number of benzene rings is 2. The van der Waals surface area contributed by atoms with Crippen molar-refractivity contribution in [1.82, 2.24) is 9.55 Å². The predicted molar refractivity (Wildman–Crippen MR) is 105 cm³/mol. The lowest BCUT2D eigenvalue weighted by molar-refractivity contribution is 0.627. The largest absolute Gasteiger partial charge is 0.282 e. The highest BCUT2D eigenvalue weighted by atomic mass is 32.2. The lowest BCUT2D eigenvalue weighted by Crippen LogP contribution is -2.22. The minimum atomic E-state index is -0.463. The second kappa shape index (κ2) is 7.77.